The molecule has 10 heteroatoms. The number of hydrogen-bond donors (Lipinski definition) is 0. The molecule has 2 fully saturated rings. The summed E-state index contributed by atoms with van der Waals surface area (Å²) in [5, 5.41) is 0. The number of hydrogen-bond acceptors (Lipinski definition) is 6. The van der Waals surface area contributed by atoms with Crippen molar-refractivity contribution in [3.05, 3.63) is 53.3 Å². The van der Waals surface area contributed by atoms with E-state index in [-0.39, 0.29) is 28.4 Å². The van der Waals surface area contributed by atoms with E-state index >= 15 is 0 Å². The van der Waals surface area contributed by atoms with Crippen molar-refractivity contribution in [3.8, 4) is 11.5 Å². The van der Waals surface area contributed by atoms with Crippen LogP contribution >= 0.6 is 0 Å². The van der Waals surface area contributed by atoms with E-state index in [0.29, 0.717) is 13.1 Å². The number of benzene rings is 1. The average molecular weight is 532 g/mol. The van der Waals surface area contributed by atoms with Crippen LogP contribution in [0.3, 0.4) is 0 Å². The first kappa shape index (κ1) is 26.5. The van der Waals surface area contributed by atoms with Crippen molar-refractivity contribution in [1.29, 1.82) is 0 Å². The molecule has 2 aromatic rings. The van der Waals surface area contributed by atoms with E-state index in [1.54, 1.807) is 4.90 Å². The van der Waals surface area contributed by atoms with E-state index in [1.807, 2.05) is 0 Å². The van der Waals surface area contributed by atoms with E-state index in [0.717, 1.165) is 69.8 Å². The summed E-state index contributed by atoms with van der Waals surface area (Å²) in [6.45, 7) is 8.43. The Balaban J connectivity index is 1.12. The molecule has 4 heterocycles. The monoisotopic (exact) mass is 531 g/mol. The molecule has 7 nitrogen and oxygen atoms in total. The van der Waals surface area contributed by atoms with Gasteiger partial charge in [-0.3, -0.25) is 9.69 Å². The first-order chi connectivity index (χ1) is 17.9. The molecule has 0 atom stereocenters. The maximum absolute atomic E-state index is 12.9. The molecular formula is C28H32F3N3O4. The minimum atomic E-state index is -5.10. The number of ether oxygens (including phenoxy) is 2. The van der Waals surface area contributed by atoms with E-state index in [9.17, 15) is 22.8 Å². The molecule has 204 valence electrons. The van der Waals surface area contributed by atoms with Crippen LogP contribution in [-0.4, -0.2) is 64.6 Å². The number of amides is 1. The molecule has 0 radical (unpaired) electrons. The highest BCUT2D eigenvalue weighted by Gasteiger charge is 2.42. The molecule has 0 N–H and O–H groups in total. The molecule has 0 unspecified atom stereocenters. The molecule has 1 aromatic heterocycles. The fourth-order valence-corrected chi connectivity index (χ4v) is 5.82. The molecule has 0 aliphatic carbocycles. The van der Waals surface area contributed by atoms with Gasteiger partial charge in [0, 0.05) is 31.6 Å². The van der Waals surface area contributed by atoms with Gasteiger partial charge in [0.1, 0.15) is 22.8 Å². The van der Waals surface area contributed by atoms with Crippen LogP contribution in [0.25, 0.3) is 0 Å². The van der Waals surface area contributed by atoms with E-state index < -0.39 is 12.1 Å². The predicted molar refractivity (Wildman–Crippen MR) is 133 cm³/mol. The first-order valence-electron chi connectivity index (χ1n) is 13.0. The molecule has 1 amide bonds. The number of carbonyl (C=O) groups excluding carboxylic acids is 2. The van der Waals surface area contributed by atoms with Gasteiger partial charge in [-0.2, -0.15) is 13.2 Å². The topological polar surface area (TPSA) is 72.0 Å². The van der Waals surface area contributed by atoms with Crippen molar-refractivity contribution >= 4 is 11.9 Å². The molecule has 3 aliphatic heterocycles. The minimum Gasteiger partial charge on any atom is -0.487 e. The van der Waals surface area contributed by atoms with Gasteiger partial charge in [-0.15, -0.1) is 0 Å². The van der Waals surface area contributed by atoms with Crippen LogP contribution in [0.1, 0.15) is 61.1 Å². The maximum atomic E-state index is 12.9. The molecule has 1 aromatic carbocycles. The summed E-state index contributed by atoms with van der Waals surface area (Å²) in [5.41, 5.74) is 2.85. The van der Waals surface area contributed by atoms with Crippen molar-refractivity contribution in [1.82, 2.24) is 14.8 Å². The smallest absolute Gasteiger partial charge is 0.487 e. The minimum absolute atomic E-state index is 0.116. The van der Waals surface area contributed by atoms with Crippen LogP contribution < -0.4 is 9.47 Å². The summed E-state index contributed by atoms with van der Waals surface area (Å²) in [6.07, 6.45) is 0.798. The van der Waals surface area contributed by atoms with Gasteiger partial charge in [0.2, 0.25) is 0 Å². The quantitative estimate of drug-likeness (QED) is 0.529. The number of likely N-dealkylation sites (tertiary alicyclic amines) is 2. The Morgan fingerprint density at radius 1 is 1.03 bits per heavy atom. The molecule has 2 saturated heterocycles. The van der Waals surface area contributed by atoms with Gasteiger partial charge in [-0.1, -0.05) is 12.1 Å². The lowest BCUT2D eigenvalue weighted by atomic mass is 9.71. The van der Waals surface area contributed by atoms with Crippen LogP contribution in [0.2, 0.25) is 0 Å². The second-order valence-electron chi connectivity index (χ2n) is 11.3. The largest absolute Gasteiger partial charge is 0.491 e. The number of piperidine rings is 2. The summed E-state index contributed by atoms with van der Waals surface area (Å²) < 4.78 is 47.4. The zero-order chi connectivity index (χ0) is 27.1. The highest BCUT2D eigenvalue weighted by Crippen LogP contribution is 2.43. The van der Waals surface area contributed by atoms with Crippen LogP contribution in [0.15, 0.2) is 36.5 Å². The Bertz CT molecular complexity index is 1190. The number of carbonyl (C=O) groups is 2. The lowest BCUT2D eigenvalue weighted by molar-refractivity contribution is -0.189. The van der Waals surface area contributed by atoms with Gasteiger partial charge >= 0.3 is 12.1 Å². The Labute approximate surface area is 219 Å². The van der Waals surface area contributed by atoms with Gasteiger partial charge in [-0.25, -0.2) is 9.78 Å². The van der Waals surface area contributed by atoms with Crippen molar-refractivity contribution in [3.63, 3.8) is 0 Å². The SMILES string of the molecule is CC1(C)Cc2c(CN3CCC4(CC3)CCN(C(=O)c3ccc(OC(=O)C(F)(F)F)cn3)CC4)cccc2O1. The number of pyridine rings is 1. The molecule has 1 spiro atoms. The van der Waals surface area contributed by atoms with Crippen LogP contribution in [0.5, 0.6) is 11.5 Å². The Kier molecular flexibility index (Phi) is 6.87. The highest BCUT2D eigenvalue weighted by atomic mass is 19.4. The Hall–Kier alpha value is -3.14. The van der Waals surface area contributed by atoms with Gasteiger partial charge in [-0.05, 0) is 81.8 Å². The van der Waals surface area contributed by atoms with Gasteiger partial charge in [0.05, 0.1) is 6.20 Å². The average Bonchev–Trinajstić information content (AvgIpc) is 3.20. The van der Waals surface area contributed by atoms with E-state index in [4.69, 9.17) is 4.74 Å². The number of alkyl halides is 3. The summed E-state index contributed by atoms with van der Waals surface area (Å²) in [4.78, 5) is 32.1. The fraction of sp³-hybridized carbons (Fsp3) is 0.536. The standard InChI is InChI=1S/C28H32F3N3O4/c1-26(2)16-21-19(4-3-5-23(21)38-26)18-33-12-8-27(9-13-33)10-14-34(15-11-27)24(35)22-7-6-20(17-32-22)37-25(36)28(29,30)31/h3-7,17H,8-16,18H2,1-2H3. The molecule has 5 rings (SSSR count). The first-order valence-corrected chi connectivity index (χ1v) is 13.0. The third kappa shape index (κ3) is 5.65. The van der Waals surface area contributed by atoms with Gasteiger partial charge < -0.3 is 14.4 Å². The summed E-state index contributed by atoms with van der Waals surface area (Å²) in [6, 6.07) is 8.78. The second-order valence-corrected chi connectivity index (χ2v) is 11.3. The Morgan fingerprint density at radius 2 is 1.71 bits per heavy atom. The normalized spacial score (nSPS) is 20.6. The number of rotatable bonds is 4. The van der Waals surface area contributed by atoms with Crippen LogP contribution in [0.4, 0.5) is 13.2 Å². The number of fused-ring (bicyclic) bond motifs is 1. The van der Waals surface area contributed by atoms with E-state index in [2.05, 4.69) is 46.7 Å². The zero-order valence-corrected chi connectivity index (χ0v) is 21.6. The molecule has 3 aliphatic rings. The summed E-state index contributed by atoms with van der Waals surface area (Å²) in [7, 11) is 0. The summed E-state index contributed by atoms with van der Waals surface area (Å²) >= 11 is 0. The molecule has 38 heavy (non-hydrogen) atoms. The van der Waals surface area contributed by atoms with Crippen LogP contribution in [-0.2, 0) is 17.8 Å². The molecular weight excluding hydrogens is 499 g/mol. The number of aromatic nitrogens is 1. The van der Waals surface area contributed by atoms with Crippen molar-refractivity contribution < 1.29 is 32.2 Å². The Morgan fingerprint density at radius 3 is 2.34 bits per heavy atom. The number of esters is 1. The number of halogens is 3. The predicted octanol–water partition coefficient (Wildman–Crippen LogP) is 4.78. The molecule has 0 bridgehead atoms. The van der Waals surface area contributed by atoms with Crippen molar-refractivity contribution in [2.75, 3.05) is 26.2 Å². The lowest BCUT2D eigenvalue weighted by Gasteiger charge is -2.47. The zero-order valence-electron chi connectivity index (χ0n) is 21.6. The van der Waals surface area contributed by atoms with Crippen LogP contribution in [0, 0.1) is 5.41 Å². The van der Waals surface area contributed by atoms with Gasteiger partial charge in [0.15, 0.2) is 0 Å². The van der Waals surface area contributed by atoms with E-state index in [1.165, 1.54) is 17.2 Å². The third-order valence-electron chi connectivity index (χ3n) is 8.04. The number of nitrogens with zero attached hydrogens (tertiary/aromatic N) is 3. The summed E-state index contributed by atoms with van der Waals surface area (Å²) in [5.74, 6) is -1.94. The van der Waals surface area contributed by atoms with Crippen molar-refractivity contribution in [2.24, 2.45) is 5.41 Å². The molecule has 0 saturated carbocycles. The lowest BCUT2D eigenvalue weighted by Crippen LogP contribution is -2.48. The third-order valence-corrected chi connectivity index (χ3v) is 8.04. The van der Waals surface area contributed by atoms with Crippen molar-refractivity contribution in [2.45, 2.75) is 64.3 Å². The highest BCUT2D eigenvalue weighted by molar-refractivity contribution is 5.92. The fourth-order valence-electron chi connectivity index (χ4n) is 5.82. The maximum Gasteiger partial charge on any atom is 0.491 e. The van der Waals surface area contributed by atoms with Gasteiger partial charge in [0.25, 0.3) is 5.91 Å². The second kappa shape index (κ2) is 9.87.